The minimum atomic E-state index is -4.01. The molecule has 0 bridgehead atoms. The van der Waals surface area contributed by atoms with Crippen LogP contribution >= 0.6 is 0 Å². The summed E-state index contributed by atoms with van der Waals surface area (Å²) in [6, 6.07) is 4.88. The molecule has 1 saturated heterocycles. The van der Waals surface area contributed by atoms with Crippen LogP contribution in [-0.2, 0) is 29.1 Å². The topological polar surface area (TPSA) is 203 Å². The molecule has 2 aromatic rings. The van der Waals surface area contributed by atoms with E-state index in [1.54, 1.807) is 6.92 Å². The van der Waals surface area contributed by atoms with Gasteiger partial charge in [0.25, 0.3) is 5.91 Å². The van der Waals surface area contributed by atoms with Crippen molar-refractivity contribution in [3.8, 4) is 11.6 Å². The molecule has 282 valence electrons. The fourth-order valence-corrected chi connectivity index (χ4v) is 8.79. The highest BCUT2D eigenvalue weighted by Gasteiger charge is 2.63. The molecule has 0 spiro atoms. The Labute approximate surface area is 302 Å². The molecule has 1 aromatic heterocycles. The molecule has 15 nitrogen and oxygen atoms in total. The van der Waals surface area contributed by atoms with Crippen LogP contribution in [-0.4, -0.2) is 103 Å². The van der Waals surface area contributed by atoms with Gasteiger partial charge < -0.3 is 34.9 Å². The van der Waals surface area contributed by atoms with Crippen LogP contribution in [0.25, 0.3) is 10.8 Å². The lowest BCUT2D eigenvalue weighted by atomic mass is 9.87. The number of benzene rings is 1. The Morgan fingerprint density at radius 3 is 2.54 bits per heavy atom. The van der Waals surface area contributed by atoms with Crippen molar-refractivity contribution in [2.75, 3.05) is 27.4 Å². The number of carbonyl (C=O) groups excluding carboxylic acids is 3. The third-order valence-corrected chi connectivity index (χ3v) is 13.1. The maximum atomic E-state index is 14.5. The summed E-state index contributed by atoms with van der Waals surface area (Å²) in [5, 5.41) is 16.5. The number of carbonyl (C=O) groups is 4. The third-order valence-electron chi connectivity index (χ3n) is 11.0. The first-order chi connectivity index (χ1) is 24.7. The lowest BCUT2D eigenvalue weighted by Gasteiger charge is -2.33. The lowest BCUT2D eigenvalue weighted by molar-refractivity contribution is -0.142. The Kier molecular flexibility index (Phi) is 10.4. The van der Waals surface area contributed by atoms with Gasteiger partial charge in [-0.25, -0.2) is 18.2 Å². The molecule has 2 aliphatic carbocycles. The molecule has 16 heteroatoms. The number of nitrogens with one attached hydrogen (secondary N) is 3. The van der Waals surface area contributed by atoms with Crippen molar-refractivity contribution < 1.29 is 46.9 Å². The average Bonchev–Trinajstić information content (AvgIpc) is 3.98. The van der Waals surface area contributed by atoms with Gasteiger partial charge in [0, 0.05) is 36.1 Å². The number of rotatable bonds is 9. The van der Waals surface area contributed by atoms with Gasteiger partial charge in [-0.05, 0) is 57.4 Å². The van der Waals surface area contributed by atoms with Crippen molar-refractivity contribution in [1.29, 1.82) is 0 Å². The molecule has 0 radical (unpaired) electrons. The Hall–Kier alpha value is -4.44. The lowest BCUT2D eigenvalue weighted by Crippen LogP contribution is -2.59. The number of sulfonamides is 1. The molecule has 4 amide bonds. The van der Waals surface area contributed by atoms with E-state index < -0.39 is 74.1 Å². The number of aromatic nitrogens is 1. The van der Waals surface area contributed by atoms with E-state index in [4.69, 9.17) is 14.2 Å². The number of hydrogen-bond acceptors (Lipinski definition) is 10. The van der Waals surface area contributed by atoms with Crippen LogP contribution in [0.15, 0.2) is 42.6 Å². The second-order valence-corrected chi connectivity index (χ2v) is 17.0. The van der Waals surface area contributed by atoms with Crippen LogP contribution < -0.4 is 24.8 Å². The predicted molar refractivity (Wildman–Crippen MR) is 189 cm³/mol. The van der Waals surface area contributed by atoms with E-state index in [-0.39, 0.29) is 37.8 Å². The summed E-state index contributed by atoms with van der Waals surface area (Å²) in [5.74, 6) is -2.35. The van der Waals surface area contributed by atoms with Crippen molar-refractivity contribution in [3.63, 3.8) is 0 Å². The molecule has 2 aliphatic heterocycles. The summed E-state index contributed by atoms with van der Waals surface area (Å²) in [6.07, 6.45) is 5.87. The summed E-state index contributed by atoms with van der Waals surface area (Å²) in [7, 11) is -0.999. The molecule has 7 atom stereocenters. The average molecular weight is 742 g/mol. The van der Waals surface area contributed by atoms with Gasteiger partial charge in [0.1, 0.15) is 29.5 Å². The number of nitrogens with zero attached hydrogens (tertiary/aromatic N) is 2. The summed E-state index contributed by atoms with van der Waals surface area (Å²) in [5.41, 5.74) is -1.56. The van der Waals surface area contributed by atoms with Crippen molar-refractivity contribution in [2.45, 2.75) is 87.3 Å². The smallest absolute Gasteiger partial charge is 0.405 e. The minimum Gasteiger partial charge on any atom is -0.494 e. The first-order valence-corrected chi connectivity index (χ1v) is 19.1. The van der Waals surface area contributed by atoms with E-state index in [9.17, 15) is 32.7 Å². The van der Waals surface area contributed by atoms with Gasteiger partial charge in [0.15, 0.2) is 0 Å². The maximum absolute atomic E-state index is 14.5. The number of fused-ring (bicyclic) bond motifs is 3. The fraction of sp³-hybridized carbons (Fsp3) is 0.583. The standard InChI is InChI=1S/C36H47N5O10S/c1-21-9-5-6-10-23-17-36(23,33(44)40-52(47,48)35(2)13-14-35)39-30(42)27-16-24(51-31-26-12-8-7-11-25(26)28(50-4)18-37-31)19-41(27)32(43)29(38-34(45)46)22(15-21)20-49-3/h6-8,10-12,18,21-24,27,29,38H,5,9,13-17,19-20H2,1-4H3,(H,39,42)(H,40,44)(H,45,46)/b10-6-/t21?,22-,23+,24+,27-,29-,36+/m0/s1. The van der Waals surface area contributed by atoms with Crippen LogP contribution in [0.1, 0.15) is 58.8 Å². The number of amides is 4. The molecular formula is C36H47N5O10S. The molecular weight excluding hydrogens is 694 g/mol. The maximum Gasteiger partial charge on any atom is 0.405 e. The summed E-state index contributed by atoms with van der Waals surface area (Å²) >= 11 is 0. The predicted octanol–water partition coefficient (Wildman–Crippen LogP) is 2.74. The number of methoxy groups -OCH3 is 2. The van der Waals surface area contributed by atoms with Crippen LogP contribution in [0.3, 0.4) is 0 Å². The Bertz CT molecular complexity index is 1870. The van der Waals surface area contributed by atoms with Gasteiger partial charge in [-0.2, -0.15) is 0 Å². The molecule has 1 aromatic carbocycles. The second kappa shape index (κ2) is 14.5. The minimum absolute atomic E-state index is 0.0146. The molecule has 3 heterocycles. The van der Waals surface area contributed by atoms with Gasteiger partial charge in [0.2, 0.25) is 27.7 Å². The summed E-state index contributed by atoms with van der Waals surface area (Å²) in [6.45, 7) is 3.57. The quantitative estimate of drug-likeness (QED) is 0.275. The molecule has 52 heavy (non-hydrogen) atoms. The Morgan fingerprint density at radius 2 is 1.87 bits per heavy atom. The van der Waals surface area contributed by atoms with E-state index in [0.717, 1.165) is 5.39 Å². The zero-order chi connectivity index (χ0) is 37.4. The normalized spacial score (nSPS) is 30.8. The van der Waals surface area contributed by atoms with Crippen molar-refractivity contribution >= 4 is 44.6 Å². The molecule has 2 saturated carbocycles. The Balaban J connectivity index is 1.36. The summed E-state index contributed by atoms with van der Waals surface area (Å²) < 4.78 is 44.7. The third kappa shape index (κ3) is 7.40. The second-order valence-electron chi connectivity index (χ2n) is 14.8. The van der Waals surface area contributed by atoms with Gasteiger partial charge in [0.05, 0.1) is 31.2 Å². The van der Waals surface area contributed by atoms with Crippen LogP contribution in [0.5, 0.6) is 11.6 Å². The van der Waals surface area contributed by atoms with Crippen molar-refractivity contribution in [1.82, 2.24) is 25.2 Å². The largest absolute Gasteiger partial charge is 0.494 e. The number of allylic oxidation sites excluding steroid dienone is 1. The fourth-order valence-electron chi connectivity index (χ4n) is 7.48. The van der Waals surface area contributed by atoms with E-state index in [0.29, 0.717) is 43.2 Å². The molecule has 6 rings (SSSR count). The zero-order valence-electron chi connectivity index (χ0n) is 29.8. The highest BCUT2D eigenvalue weighted by atomic mass is 32.2. The van der Waals surface area contributed by atoms with Gasteiger partial charge in [-0.15, -0.1) is 0 Å². The van der Waals surface area contributed by atoms with Crippen molar-refractivity contribution in [2.24, 2.45) is 17.8 Å². The van der Waals surface area contributed by atoms with E-state index in [1.807, 2.05) is 43.3 Å². The van der Waals surface area contributed by atoms with E-state index >= 15 is 0 Å². The number of hydrogen-bond donors (Lipinski definition) is 4. The van der Waals surface area contributed by atoms with Gasteiger partial charge in [-0.3, -0.25) is 19.1 Å². The SMILES string of the molecule is COC[C@@H]1CC(C)CC/C=C\[C@@H]2C[C@@]2(C(=O)NS(=O)(=O)C2(C)CC2)NC(=O)[C@@H]2C[C@@H](Oc3ncc(OC)c4ccccc34)CN2C(=O)[C@H]1NC(=O)O. The van der Waals surface area contributed by atoms with Crippen LogP contribution in [0.4, 0.5) is 4.79 Å². The van der Waals surface area contributed by atoms with Gasteiger partial charge >= 0.3 is 6.09 Å². The molecule has 4 aliphatic rings. The van der Waals surface area contributed by atoms with Crippen molar-refractivity contribution in [3.05, 3.63) is 42.6 Å². The van der Waals surface area contributed by atoms with Crippen LogP contribution in [0.2, 0.25) is 0 Å². The van der Waals surface area contributed by atoms with Crippen LogP contribution in [0, 0.1) is 17.8 Å². The first-order valence-electron chi connectivity index (χ1n) is 17.6. The first kappa shape index (κ1) is 37.3. The highest BCUT2D eigenvalue weighted by Crippen LogP contribution is 2.47. The monoisotopic (exact) mass is 741 g/mol. The number of carboxylic acid groups (broad SMARTS) is 1. The number of ether oxygens (including phenoxy) is 3. The molecule has 4 N–H and O–H groups in total. The summed E-state index contributed by atoms with van der Waals surface area (Å²) in [4.78, 5) is 60.6. The molecule has 3 fully saturated rings. The van der Waals surface area contributed by atoms with Gasteiger partial charge in [-0.1, -0.05) is 37.3 Å². The van der Waals surface area contributed by atoms with E-state index in [2.05, 4.69) is 20.3 Å². The Morgan fingerprint density at radius 1 is 1.13 bits per heavy atom. The molecule has 1 unspecified atom stereocenters. The number of pyridine rings is 1. The zero-order valence-corrected chi connectivity index (χ0v) is 30.6. The van der Waals surface area contributed by atoms with E-state index in [1.165, 1.54) is 25.3 Å². The highest BCUT2D eigenvalue weighted by molar-refractivity contribution is 7.91.